The van der Waals surface area contributed by atoms with Gasteiger partial charge < -0.3 is 14.6 Å². The summed E-state index contributed by atoms with van der Waals surface area (Å²) in [5, 5.41) is 6.45. The Morgan fingerprint density at radius 1 is 1.53 bits per heavy atom. The van der Waals surface area contributed by atoms with Gasteiger partial charge in [-0.25, -0.2) is 0 Å². The molecule has 1 aromatic heterocycles. The van der Waals surface area contributed by atoms with Gasteiger partial charge in [0.25, 0.3) is 5.91 Å². The number of anilines is 1. The number of nitrogens with zero attached hydrogens (tertiary/aromatic N) is 1. The highest BCUT2D eigenvalue weighted by Gasteiger charge is 2.13. The van der Waals surface area contributed by atoms with E-state index in [4.69, 9.17) is 9.26 Å². The fourth-order valence-corrected chi connectivity index (χ4v) is 2.80. The van der Waals surface area contributed by atoms with Crippen molar-refractivity contribution in [3.63, 3.8) is 0 Å². The fraction of sp³-hybridized carbons (Fsp3) is 0.167. The van der Waals surface area contributed by atoms with E-state index in [-0.39, 0.29) is 18.2 Å². The van der Waals surface area contributed by atoms with Crippen LogP contribution in [0.1, 0.15) is 16.2 Å². The third kappa shape index (κ3) is 3.77. The van der Waals surface area contributed by atoms with E-state index in [0.29, 0.717) is 11.4 Å². The van der Waals surface area contributed by atoms with Crippen molar-refractivity contribution >= 4 is 50.1 Å². The maximum atomic E-state index is 12.0. The molecule has 7 heteroatoms. The summed E-state index contributed by atoms with van der Waals surface area (Å²) < 4.78 is 11.8. The van der Waals surface area contributed by atoms with Gasteiger partial charge in [-0.15, -0.1) is 0 Å². The van der Waals surface area contributed by atoms with Crippen LogP contribution in [-0.4, -0.2) is 18.2 Å². The minimum absolute atomic E-state index is 0.220. The van der Waals surface area contributed by atoms with Crippen LogP contribution in [0.3, 0.4) is 0 Å². The van der Waals surface area contributed by atoms with Crippen molar-refractivity contribution in [1.82, 2.24) is 5.16 Å². The monoisotopic (exact) mass is 436 g/mol. The molecule has 2 rings (SSSR count). The van der Waals surface area contributed by atoms with E-state index >= 15 is 0 Å². The van der Waals surface area contributed by atoms with Crippen molar-refractivity contribution < 1.29 is 14.1 Å². The van der Waals surface area contributed by atoms with Gasteiger partial charge in [0.05, 0.1) is 5.69 Å². The van der Waals surface area contributed by atoms with Crippen LogP contribution < -0.4 is 5.32 Å². The van der Waals surface area contributed by atoms with Crippen LogP contribution >= 0.6 is 38.5 Å². The van der Waals surface area contributed by atoms with Gasteiger partial charge in [0, 0.05) is 21.2 Å². The predicted octanol–water partition coefficient (Wildman–Crippen LogP) is 3.44. The number of carbonyl (C=O) groups excluding carboxylic acids is 1. The maximum Gasteiger partial charge on any atom is 0.277 e. The quantitative estimate of drug-likeness (QED) is 0.745. The number of aromatic nitrogens is 1. The Morgan fingerprint density at radius 3 is 3.00 bits per heavy atom. The molecule has 100 valence electrons. The van der Waals surface area contributed by atoms with Crippen LogP contribution in [0, 0.1) is 3.57 Å². The predicted molar refractivity (Wildman–Crippen MR) is 82.0 cm³/mol. The molecule has 0 radical (unpaired) electrons. The summed E-state index contributed by atoms with van der Waals surface area (Å²) in [6, 6.07) is 7.19. The normalized spacial score (nSPS) is 10.5. The molecule has 1 aromatic carbocycles. The highest BCUT2D eigenvalue weighted by Crippen LogP contribution is 2.24. The maximum absolute atomic E-state index is 12.0. The Kier molecular flexibility index (Phi) is 4.94. The average molecular weight is 437 g/mol. The van der Waals surface area contributed by atoms with Gasteiger partial charge in [0.15, 0.2) is 11.5 Å². The molecule has 1 N–H and O–H groups in total. The van der Waals surface area contributed by atoms with Gasteiger partial charge in [-0.3, -0.25) is 4.79 Å². The minimum Gasteiger partial charge on any atom is -0.377 e. The van der Waals surface area contributed by atoms with E-state index in [1.807, 2.05) is 18.2 Å². The second kappa shape index (κ2) is 6.49. The topological polar surface area (TPSA) is 64.4 Å². The Hall–Kier alpha value is -0.930. The molecule has 0 spiro atoms. The summed E-state index contributed by atoms with van der Waals surface area (Å²) in [5.41, 5.74) is 0.902. The number of halogens is 2. The van der Waals surface area contributed by atoms with E-state index in [1.54, 1.807) is 13.2 Å². The zero-order valence-electron chi connectivity index (χ0n) is 9.94. The molecule has 0 aliphatic heterocycles. The molecule has 2 aromatic rings. The highest BCUT2D eigenvalue weighted by molar-refractivity contribution is 14.1. The molecule has 19 heavy (non-hydrogen) atoms. The van der Waals surface area contributed by atoms with Crippen molar-refractivity contribution in [3.05, 3.63) is 43.8 Å². The van der Waals surface area contributed by atoms with Gasteiger partial charge in [-0.2, -0.15) is 0 Å². The molecule has 1 heterocycles. The van der Waals surface area contributed by atoms with Crippen LogP contribution in [-0.2, 0) is 11.3 Å². The first-order valence-corrected chi connectivity index (χ1v) is 7.18. The molecule has 0 aliphatic rings. The molecule has 0 saturated carbocycles. The summed E-state index contributed by atoms with van der Waals surface area (Å²) in [4.78, 5) is 12.0. The third-order valence-electron chi connectivity index (χ3n) is 2.26. The molecule has 0 atom stereocenters. The zero-order chi connectivity index (χ0) is 13.8. The molecule has 0 unspecified atom stereocenters. The Labute approximate surface area is 132 Å². The van der Waals surface area contributed by atoms with Gasteiger partial charge in [-0.05, 0) is 56.7 Å². The summed E-state index contributed by atoms with van der Waals surface area (Å²) >= 11 is 5.59. The Bertz CT molecular complexity index is 600. The van der Waals surface area contributed by atoms with E-state index in [1.165, 1.54) is 0 Å². The van der Waals surface area contributed by atoms with Gasteiger partial charge in [-0.1, -0.05) is 5.16 Å². The smallest absolute Gasteiger partial charge is 0.277 e. The SMILES string of the molecule is COCc1cc(C(=O)Nc2ccc(I)cc2Br)no1. The molecule has 0 saturated heterocycles. The summed E-state index contributed by atoms with van der Waals surface area (Å²) in [5.74, 6) is 0.183. The van der Waals surface area contributed by atoms with E-state index in [0.717, 1.165) is 8.04 Å². The molecular formula is C12H10BrIN2O3. The van der Waals surface area contributed by atoms with Gasteiger partial charge >= 0.3 is 0 Å². The lowest BCUT2D eigenvalue weighted by Gasteiger charge is -2.05. The molecule has 0 fully saturated rings. The lowest BCUT2D eigenvalue weighted by atomic mass is 10.3. The summed E-state index contributed by atoms with van der Waals surface area (Å²) in [6.07, 6.45) is 0. The van der Waals surface area contributed by atoms with Gasteiger partial charge in [0.2, 0.25) is 0 Å². The highest BCUT2D eigenvalue weighted by atomic mass is 127. The standard InChI is InChI=1S/C12H10BrIN2O3/c1-18-6-8-5-11(16-19-8)12(17)15-10-3-2-7(14)4-9(10)13/h2-5H,6H2,1H3,(H,15,17). The zero-order valence-corrected chi connectivity index (χ0v) is 13.7. The molecule has 0 bridgehead atoms. The number of amides is 1. The molecular weight excluding hydrogens is 427 g/mol. The Balaban J connectivity index is 2.11. The van der Waals surface area contributed by atoms with Crippen LogP contribution in [0.15, 0.2) is 33.3 Å². The summed E-state index contributed by atoms with van der Waals surface area (Å²) in [6.45, 7) is 0.285. The van der Waals surface area contributed by atoms with Crippen LogP contribution in [0.5, 0.6) is 0 Å². The Morgan fingerprint density at radius 2 is 2.32 bits per heavy atom. The number of hydrogen-bond donors (Lipinski definition) is 1. The van der Waals surface area contributed by atoms with Crippen molar-refractivity contribution in [2.24, 2.45) is 0 Å². The van der Waals surface area contributed by atoms with Crippen LogP contribution in [0.25, 0.3) is 0 Å². The first-order chi connectivity index (χ1) is 9.10. The van der Waals surface area contributed by atoms with E-state index < -0.39 is 0 Å². The van der Waals surface area contributed by atoms with Crippen molar-refractivity contribution in [1.29, 1.82) is 0 Å². The first kappa shape index (κ1) is 14.5. The van der Waals surface area contributed by atoms with Crippen LogP contribution in [0.4, 0.5) is 5.69 Å². The third-order valence-corrected chi connectivity index (χ3v) is 3.58. The number of nitrogens with one attached hydrogen (secondary N) is 1. The number of ether oxygens (including phenoxy) is 1. The molecule has 0 aliphatic carbocycles. The van der Waals surface area contributed by atoms with Crippen molar-refractivity contribution in [2.75, 3.05) is 12.4 Å². The number of benzene rings is 1. The lowest BCUT2D eigenvalue weighted by Crippen LogP contribution is -2.12. The minimum atomic E-state index is -0.326. The number of hydrogen-bond acceptors (Lipinski definition) is 4. The number of carbonyl (C=O) groups is 1. The largest absolute Gasteiger partial charge is 0.377 e. The lowest BCUT2D eigenvalue weighted by molar-refractivity contribution is 0.101. The second-order valence-corrected chi connectivity index (χ2v) is 5.79. The molecule has 5 nitrogen and oxygen atoms in total. The summed E-state index contributed by atoms with van der Waals surface area (Å²) in [7, 11) is 1.55. The average Bonchev–Trinajstić information content (AvgIpc) is 2.82. The van der Waals surface area contributed by atoms with Crippen molar-refractivity contribution in [2.45, 2.75) is 6.61 Å². The van der Waals surface area contributed by atoms with Crippen molar-refractivity contribution in [3.8, 4) is 0 Å². The number of rotatable bonds is 4. The van der Waals surface area contributed by atoms with Crippen LogP contribution in [0.2, 0.25) is 0 Å². The fourth-order valence-electron chi connectivity index (χ4n) is 1.41. The van der Waals surface area contributed by atoms with E-state index in [2.05, 4.69) is 49.0 Å². The van der Waals surface area contributed by atoms with Gasteiger partial charge in [0.1, 0.15) is 6.61 Å². The second-order valence-electron chi connectivity index (χ2n) is 3.69. The first-order valence-electron chi connectivity index (χ1n) is 5.31. The molecule has 1 amide bonds. The number of methoxy groups -OCH3 is 1. The van der Waals surface area contributed by atoms with E-state index in [9.17, 15) is 4.79 Å².